The van der Waals surface area contributed by atoms with Crippen molar-refractivity contribution in [2.75, 3.05) is 33.4 Å². The van der Waals surface area contributed by atoms with Gasteiger partial charge in [0.1, 0.15) is 17.1 Å². The Morgan fingerprint density at radius 1 is 1.05 bits per heavy atom. The van der Waals surface area contributed by atoms with Crippen molar-refractivity contribution in [3.63, 3.8) is 0 Å². The van der Waals surface area contributed by atoms with Gasteiger partial charge in [-0.3, -0.25) is 9.58 Å². The van der Waals surface area contributed by atoms with Crippen LogP contribution in [0.5, 0.6) is 5.75 Å². The SMILES string of the molecule is CCn1cnc2c(-c3ccc(F)c(-c4cc5cn(C6CCN(C7COC7)CC6)nc5cc4OC)c3)cnnc21. The molecule has 2 saturated heterocycles. The summed E-state index contributed by atoms with van der Waals surface area (Å²) in [5.74, 6) is 0.255. The summed E-state index contributed by atoms with van der Waals surface area (Å²) in [5.41, 5.74) is 5.04. The van der Waals surface area contributed by atoms with E-state index in [0.29, 0.717) is 34.6 Å². The Hall–Kier alpha value is -3.89. The summed E-state index contributed by atoms with van der Waals surface area (Å²) in [5, 5.41) is 14.3. The number of imidazole rings is 1. The van der Waals surface area contributed by atoms with Crippen LogP contribution in [0.2, 0.25) is 0 Å². The summed E-state index contributed by atoms with van der Waals surface area (Å²) in [4.78, 5) is 7.08. The molecule has 2 fully saturated rings. The van der Waals surface area contributed by atoms with Crippen LogP contribution in [0.15, 0.2) is 49.1 Å². The van der Waals surface area contributed by atoms with Crippen LogP contribution in [-0.2, 0) is 11.3 Å². The molecule has 9 nitrogen and oxygen atoms in total. The lowest BCUT2D eigenvalue weighted by atomic mass is 9.97. The van der Waals surface area contributed by atoms with Crippen LogP contribution in [0.4, 0.5) is 4.39 Å². The Kier molecular flexibility index (Phi) is 6.01. The fraction of sp³-hybridized carbons (Fsp3) is 0.379. The van der Waals surface area contributed by atoms with Crippen LogP contribution < -0.4 is 4.74 Å². The number of piperidine rings is 1. The zero-order valence-electron chi connectivity index (χ0n) is 22.0. The van der Waals surface area contributed by atoms with Crippen LogP contribution in [0.1, 0.15) is 25.8 Å². The second-order valence-corrected chi connectivity index (χ2v) is 10.3. The first-order valence-electron chi connectivity index (χ1n) is 13.5. The van der Waals surface area contributed by atoms with Crippen LogP contribution >= 0.6 is 0 Å². The molecule has 0 amide bonds. The zero-order valence-corrected chi connectivity index (χ0v) is 22.0. The summed E-state index contributed by atoms with van der Waals surface area (Å²) in [6.07, 6.45) is 7.62. The van der Waals surface area contributed by atoms with E-state index in [1.165, 1.54) is 6.07 Å². The molecule has 0 radical (unpaired) electrons. The van der Waals surface area contributed by atoms with E-state index in [1.54, 1.807) is 25.7 Å². The molecule has 5 aromatic rings. The number of likely N-dealkylation sites (tertiary alicyclic amines) is 1. The van der Waals surface area contributed by atoms with E-state index < -0.39 is 0 Å². The largest absolute Gasteiger partial charge is 0.496 e. The molecule has 2 aliphatic heterocycles. The Bertz CT molecular complexity index is 1670. The van der Waals surface area contributed by atoms with Crippen molar-refractivity contribution in [2.24, 2.45) is 0 Å². The molecule has 0 unspecified atom stereocenters. The van der Waals surface area contributed by atoms with Gasteiger partial charge in [0.2, 0.25) is 0 Å². The van der Waals surface area contributed by atoms with E-state index in [-0.39, 0.29) is 5.82 Å². The quantitative estimate of drug-likeness (QED) is 0.316. The average molecular weight is 528 g/mol. The first-order valence-corrected chi connectivity index (χ1v) is 13.5. The highest BCUT2D eigenvalue weighted by Crippen LogP contribution is 2.38. The molecule has 0 bridgehead atoms. The number of ether oxygens (including phenoxy) is 2. The molecule has 0 N–H and O–H groups in total. The summed E-state index contributed by atoms with van der Waals surface area (Å²) < 4.78 is 30.5. The molecule has 200 valence electrons. The summed E-state index contributed by atoms with van der Waals surface area (Å²) >= 11 is 0. The predicted molar refractivity (Wildman–Crippen MR) is 146 cm³/mol. The predicted octanol–water partition coefficient (Wildman–Crippen LogP) is 4.71. The second kappa shape index (κ2) is 9.69. The molecule has 2 aliphatic rings. The van der Waals surface area contributed by atoms with Gasteiger partial charge >= 0.3 is 0 Å². The summed E-state index contributed by atoms with van der Waals surface area (Å²) in [7, 11) is 1.61. The van der Waals surface area contributed by atoms with Gasteiger partial charge in [0, 0.05) is 54.0 Å². The molecule has 5 heterocycles. The van der Waals surface area contributed by atoms with E-state index in [2.05, 4.69) is 31.0 Å². The lowest BCUT2D eigenvalue weighted by molar-refractivity contribution is -0.0734. The van der Waals surface area contributed by atoms with Crippen LogP contribution in [0.25, 0.3) is 44.3 Å². The molecule has 0 spiro atoms. The average Bonchev–Trinajstić information content (AvgIpc) is 3.56. The van der Waals surface area contributed by atoms with Crippen molar-refractivity contribution in [3.8, 4) is 28.0 Å². The number of rotatable bonds is 6. The number of methoxy groups -OCH3 is 1. The molecular formula is C29H30FN7O2. The topological polar surface area (TPSA) is 83.1 Å². The van der Waals surface area contributed by atoms with Gasteiger partial charge < -0.3 is 14.0 Å². The highest BCUT2D eigenvalue weighted by Gasteiger charge is 2.30. The first kappa shape index (κ1) is 24.2. The molecule has 2 aromatic carbocycles. The number of benzene rings is 2. The van der Waals surface area contributed by atoms with Crippen molar-refractivity contribution in [1.82, 2.24) is 34.4 Å². The van der Waals surface area contributed by atoms with Gasteiger partial charge in [0.15, 0.2) is 5.65 Å². The van der Waals surface area contributed by atoms with Crippen molar-refractivity contribution >= 4 is 22.1 Å². The fourth-order valence-corrected chi connectivity index (χ4v) is 5.80. The molecule has 10 heteroatoms. The Morgan fingerprint density at radius 2 is 1.90 bits per heavy atom. The minimum atomic E-state index is -0.325. The standard InChI is InChI=1S/C29H30FN7O2/c1-3-35-17-31-28-24(13-32-33-29(28)35)18-4-5-25(30)22(10-18)23-11-19-14-37(34-26(19)12-27(23)38-2)20-6-8-36(9-7-20)21-15-39-16-21/h4-5,10-14,17,20-21H,3,6-9,15-16H2,1-2H3. The molecular weight excluding hydrogens is 497 g/mol. The summed E-state index contributed by atoms with van der Waals surface area (Å²) in [6.45, 7) is 6.57. The van der Waals surface area contributed by atoms with E-state index in [1.807, 2.05) is 29.7 Å². The van der Waals surface area contributed by atoms with E-state index in [0.717, 1.165) is 73.2 Å². The normalized spacial score (nSPS) is 17.2. The van der Waals surface area contributed by atoms with Crippen LogP contribution in [0.3, 0.4) is 0 Å². The Balaban J connectivity index is 1.24. The van der Waals surface area contributed by atoms with Crippen molar-refractivity contribution in [3.05, 3.63) is 54.9 Å². The zero-order chi connectivity index (χ0) is 26.5. The van der Waals surface area contributed by atoms with Crippen LogP contribution in [-0.4, -0.2) is 73.9 Å². The maximum atomic E-state index is 15.4. The van der Waals surface area contributed by atoms with Crippen molar-refractivity contribution in [2.45, 2.75) is 38.4 Å². The number of hydrogen-bond donors (Lipinski definition) is 0. The molecule has 0 atom stereocenters. The van der Waals surface area contributed by atoms with Gasteiger partial charge in [-0.15, -0.1) is 5.10 Å². The number of fused-ring (bicyclic) bond motifs is 2. The molecule has 7 rings (SSSR count). The lowest BCUT2D eigenvalue weighted by Crippen LogP contribution is -2.51. The van der Waals surface area contributed by atoms with E-state index in [4.69, 9.17) is 14.6 Å². The highest BCUT2D eigenvalue weighted by atomic mass is 19.1. The van der Waals surface area contributed by atoms with Gasteiger partial charge in [0.25, 0.3) is 0 Å². The van der Waals surface area contributed by atoms with Gasteiger partial charge in [0.05, 0.1) is 50.4 Å². The Labute approximate surface area is 225 Å². The molecule has 0 aliphatic carbocycles. The third kappa shape index (κ3) is 4.15. The first-order chi connectivity index (χ1) is 19.1. The second-order valence-electron chi connectivity index (χ2n) is 10.3. The molecule has 39 heavy (non-hydrogen) atoms. The maximum Gasteiger partial charge on any atom is 0.183 e. The number of aryl methyl sites for hydroxylation is 1. The third-order valence-electron chi connectivity index (χ3n) is 8.17. The summed E-state index contributed by atoms with van der Waals surface area (Å²) in [6, 6.07) is 9.88. The molecule has 3 aromatic heterocycles. The number of hydrogen-bond acceptors (Lipinski definition) is 7. The van der Waals surface area contributed by atoms with Gasteiger partial charge in [-0.2, -0.15) is 10.2 Å². The van der Waals surface area contributed by atoms with Gasteiger partial charge in [-0.05, 0) is 43.5 Å². The third-order valence-corrected chi connectivity index (χ3v) is 8.17. The number of nitrogens with zero attached hydrogens (tertiary/aromatic N) is 7. The van der Waals surface area contributed by atoms with Crippen molar-refractivity contribution in [1.29, 1.82) is 0 Å². The van der Waals surface area contributed by atoms with Crippen molar-refractivity contribution < 1.29 is 13.9 Å². The number of aromatic nitrogens is 6. The van der Waals surface area contributed by atoms with Gasteiger partial charge in [-0.25, -0.2) is 9.37 Å². The fourth-order valence-electron chi connectivity index (χ4n) is 5.80. The maximum absolute atomic E-state index is 15.4. The molecule has 0 saturated carbocycles. The minimum Gasteiger partial charge on any atom is -0.496 e. The van der Waals surface area contributed by atoms with Crippen LogP contribution in [0, 0.1) is 5.82 Å². The van der Waals surface area contributed by atoms with Gasteiger partial charge in [-0.1, -0.05) is 6.07 Å². The smallest absolute Gasteiger partial charge is 0.183 e. The number of halogens is 1. The van der Waals surface area contributed by atoms with E-state index >= 15 is 4.39 Å². The lowest BCUT2D eigenvalue weighted by Gasteiger charge is -2.41. The highest BCUT2D eigenvalue weighted by molar-refractivity contribution is 5.92. The Morgan fingerprint density at radius 3 is 2.64 bits per heavy atom. The monoisotopic (exact) mass is 527 g/mol. The minimum absolute atomic E-state index is 0.325. The van der Waals surface area contributed by atoms with E-state index in [9.17, 15) is 0 Å².